The van der Waals surface area contributed by atoms with E-state index in [1.807, 2.05) is 0 Å². The molecule has 0 spiro atoms. The third-order valence-corrected chi connectivity index (χ3v) is 5.44. The van der Waals surface area contributed by atoms with E-state index < -0.39 is 0 Å². The van der Waals surface area contributed by atoms with Gasteiger partial charge in [0.25, 0.3) is 0 Å². The average Bonchev–Trinajstić information content (AvgIpc) is 3.51. The van der Waals surface area contributed by atoms with Gasteiger partial charge in [-0.1, -0.05) is 0 Å². The molecule has 150 valence electrons. The van der Waals surface area contributed by atoms with Gasteiger partial charge < -0.3 is 14.3 Å². The van der Waals surface area contributed by atoms with Crippen LogP contribution >= 0.6 is 0 Å². The van der Waals surface area contributed by atoms with Crippen LogP contribution in [0.2, 0.25) is 0 Å². The number of hydrogen-bond donors (Lipinski definition) is 1. The van der Waals surface area contributed by atoms with Crippen LogP contribution in [-0.2, 0) is 4.74 Å². The summed E-state index contributed by atoms with van der Waals surface area (Å²) in [6.45, 7) is 1.38. The number of fused-ring (bicyclic) bond motifs is 2. The minimum atomic E-state index is -0.334. The highest BCUT2D eigenvalue weighted by Gasteiger charge is 2.25. The minimum absolute atomic E-state index is 0.196. The van der Waals surface area contributed by atoms with Gasteiger partial charge in [0.1, 0.15) is 23.4 Å². The fourth-order valence-corrected chi connectivity index (χ4v) is 4.00. The van der Waals surface area contributed by atoms with Gasteiger partial charge in [0.05, 0.1) is 29.8 Å². The molecule has 5 heterocycles. The van der Waals surface area contributed by atoms with Gasteiger partial charge in [0, 0.05) is 25.3 Å². The Kier molecular flexibility index (Phi) is 3.85. The highest BCUT2D eigenvalue weighted by Crippen LogP contribution is 2.31. The van der Waals surface area contributed by atoms with Gasteiger partial charge in [0.2, 0.25) is 5.95 Å². The standard InChI is InChI=1S/C20H17FN8O/c21-12-1-2-14-17(7-12)28(11-25-14)20-23-9-16-19(27-20)29(13-3-5-30-6-4-13)18(26-16)15-8-22-10-24-15/h1-2,7-11,13H,3-6H2,(H,22,24). The van der Waals surface area contributed by atoms with E-state index in [1.54, 1.807) is 35.7 Å². The lowest BCUT2D eigenvalue weighted by atomic mass is 10.1. The summed E-state index contributed by atoms with van der Waals surface area (Å²) in [5.41, 5.74) is 3.51. The first-order chi connectivity index (χ1) is 14.8. The Morgan fingerprint density at radius 1 is 1.07 bits per heavy atom. The summed E-state index contributed by atoms with van der Waals surface area (Å²) in [5.74, 6) is 0.849. The lowest BCUT2D eigenvalue weighted by Crippen LogP contribution is -2.20. The molecule has 1 aromatic carbocycles. The molecule has 0 amide bonds. The van der Waals surface area contributed by atoms with Gasteiger partial charge in [0.15, 0.2) is 11.5 Å². The van der Waals surface area contributed by atoms with Gasteiger partial charge in [-0.25, -0.2) is 24.3 Å². The number of nitrogens with one attached hydrogen (secondary N) is 1. The zero-order valence-electron chi connectivity index (χ0n) is 15.9. The van der Waals surface area contributed by atoms with E-state index in [2.05, 4.69) is 24.5 Å². The number of aromatic nitrogens is 8. The second-order valence-corrected chi connectivity index (χ2v) is 7.24. The van der Waals surface area contributed by atoms with Crippen molar-refractivity contribution in [2.24, 2.45) is 0 Å². The summed E-state index contributed by atoms with van der Waals surface area (Å²) >= 11 is 0. The molecule has 5 aromatic rings. The third-order valence-electron chi connectivity index (χ3n) is 5.44. The molecule has 10 heteroatoms. The van der Waals surface area contributed by atoms with Gasteiger partial charge in [-0.15, -0.1) is 0 Å². The normalized spacial score (nSPS) is 15.4. The molecule has 0 unspecified atom stereocenters. The maximum absolute atomic E-state index is 13.8. The number of imidazole rings is 3. The van der Waals surface area contributed by atoms with Crippen LogP contribution in [0, 0.1) is 5.82 Å². The summed E-state index contributed by atoms with van der Waals surface area (Å²) in [7, 11) is 0. The number of rotatable bonds is 3. The largest absolute Gasteiger partial charge is 0.381 e. The second-order valence-electron chi connectivity index (χ2n) is 7.24. The highest BCUT2D eigenvalue weighted by molar-refractivity contribution is 5.79. The number of halogens is 1. The van der Waals surface area contributed by atoms with E-state index >= 15 is 0 Å². The van der Waals surface area contributed by atoms with Crippen molar-refractivity contribution in [3.8, 4) is 17.5 Å². The quantitative estimate of drug-likeness (QED) is 0.496. The number of H-pyrrole nitrogens is 1. The van der Waals surface area contributed by atoms with Crippen molar-refractivity contribution in [2.75, 3.05) is 13.2 Å². The SMILES string of the molecule is Fc1ccc2ncn(-c3ncc4nc(-c5cnc[nH]5)n(C5CCOCC5)c4n3)c2c1. The average molecular weight is 404 g/mol. The number of hydrogen-bond acceptors (Lipinski definition) is 6. The molecule has 1 aliphatic rings. The van der Waals surface area contributed by atoms with Crippen molar-refractivity contribution in [1.82, 2.24) is 39.0 Å². The first kappa shape index (κ1) is 17.2. The summed E-state index contributed by atoms with van der Waals surface area (Å²) in [5, 5.41) is 0. The highest BCUT2D eigenvalue weighted by atomic mass is 19.1. The van der Waals surface area contributed by atoms with Crippen molar-refractivity contribution in [1.29, 1.82) is 0 Å². The van der Waals surface area contributed by atoms with Crippen molar-refractivity contribution in [2.45, 2.75) is 18.9 Å². The molecule has 0 aliphatic carbocycles. The molecule has 1 saturated heterocycles. The predicted octanol–water partition coefficient (Wildman–Crippen LogP) is 3.05. The topological polar surface area (TPSA) is 99.3 Å². The number of aromatic amines is 1. The molecule has 0 atom stereocenters. The smallest absolute Gasteiger partial charge is 0.237 e. The number of ether oxygens (including phenoxy) is 1. The second kappa shape index (κ2) is 6.70. The molecule has 6 rings (SSSR count). The Balaban J connectivity index is 1.57. The molecular weight excluding hydrogens is 387 g/mol. The van der Waals surface area contributed by atoms with Crippen LogP contribution in [0.25, 0.3) is 39.7 Å². The van der Waals surface area contributed by atoms with E-state index in [1.165, 1.54) is 12.1 Å². The summed E-state index contributed by atoms with van der Waals surface area (Å²) in [6.07, 6.45) is 8.41. The van der Waals surface area contributed by atoms with Crippen LogP contribution in [0.15, 0.2) is 43.2 Å². The van der Waals surface area contributed by atoms with Gasteiger partial charge in [-0.2, -0.15) is 4.98 Å². The van der Waals surface area contributed by atoms with Crippen LogP contribution in [-0.4, -0.2) is 52.3 Å². The van der Waals surface area contributed by atoms with Crippen LogP contribution < -0.4 is 0 Å². The fraction of sp³-hybridized carbons (Fsp3) is 0.250. The van der Waals surface area contributed by atoms with Crippen LogP contribution in [0.3, 0.4) is 0 Å². The predicted molar refractivity (Wildman–Crippen MR) is 107 cm³/mol. The maximum Gasteiger partial charge on any atom is 0.237 e. The summed E-state index contributed by atoms with van der Waals surface area (Å²) < 4.78 is 23.2. The van der Waals surface area contributed by atoms with Gasteiger partial charge >= 0.3 is 0 Å². The third kappa shape index (κ3) is 2.68. The zero-order valence-corrected chi connectivity index (χ0v) is 15.9. The Hall–Kier alpha value is -3.66. The first-order valence-electron chi connectivity index (χ1n) is 9.72. The van der Waals surface area contributed by atoms with Crippen molar-refractivity contribution in [3.63, 3.8) is 0 Å². The van der Waals surface area contributed by atoms with Crippen molar-refractivity contribution < 1.29 is 9.13 Å². The minimum Gasteiger partial charge on any atom is -0.381 e. The Bertz CT molecular complexity index is 1350. The monoisotopic (exact) mass is 404 g/mol. The Morgan fingerprint density at radius 3 is 2.80 bits per heavy atom. The number of nitrogens with zero attached hydrogens (tertiary/aromatic N) is 7. The maximum atomic E-state index is 13.8. The molecule has 4 aromatic heterocycles. The van der Waals surface area contributed by atoms with Crippen molar-refractivity contribution >= 4 is 22.2 Å². The van der Waals surface area contributed by atoms with Crippen LogP contribution in [0.4, 0.5) is 4.39 Å². The molecule has 1 aliphatic heterocycles. The van der Waals surface area contributed by atoms with E-state index in [4.69, 9.17) is 14.7 Å². The van der Waals surface area contributed by atoms with Gasteiger partial charge in [-0.3, -0.25) is 4.57 Å². The zero-order chi connectivity index (χ0) is 20.1. The first-order valence-corrected chi connectivity index (χ1v) is 9.72. The fourth-order valence-electron chi connectivity index (χ4n) is 4.00. The molecule has 0 saturated carbocycles. The van der Waals surface area contributed by atoms with E-state index in [-0.39, 0.29) is 11.9 Å². The Morgan fingerprint density at radius 2 is 1.97 bits per heavy atom. The molecule has 1 fully saturated rings. The van der Waals surface area contributed by atoms with Crippen LogP contribution in [0.1, 0.15) is 18.9 Å². The van der Waals surface area contributed by atoms with Crippen molar-refractivity contribution in [3.05, 3.63) is 49.1 Å². The molecular formula is C20H17FN8O. The van der Waals surface area contributed by atoms with E-state index in [9.17, 15) is 4.39 Å². The lowest BCUT2D eigenvalue weighted by Gasteiger charge is -2.25. The molecule has 0 radical (unpaired) electrons. The summed E-state index contributed by atoms with van der Waals surface area (Å²) in [4.78, 5) is 25.7. The van der Waals surface area contributed by atoms with E-state index in [0.717, 1.165) is 30.0 Å². The number of benzene rings is 1. The van der Waals surface area contributed by atoms with Gasteiger partial charge in [-0.05, 0) is 25.0 Å². The summed E-state index contributed by atoms with van der Waals surface area (Å²) in [6, 6.07) is 4.66. The lowest BCUT2D eigenvalue weighted by molar-refractivity contribution is 0.0708. The molecule has 9 nitrogen and oxygen atoms in total. The van der Waals surface area contributed by atoms with E-state index in [0.29, 0.717) is 35.7 Å². The Labute approximate surface area is 169 Å². The molecule has 30 heavy (non-hydrogen) atoms. The molecule has 1 N–H and O–H groups in total. The molecule has 0 bridgehead atoms. The van der Waals surface area contributed by atoms with Crippen LogP contribution in [0.5, 0.6) is 0 Å².